The molecule has 3 rings (SSSR count). The molecule has 186 valence electrons. The number of allylic oxidation sites excluding steroid dienone is 1. The molecule has 0 bridgehead atoms. The Morgan fingerprint density at radius 2 is 1.79 bits per heavy atom. The van der Waals surface area contributed by atoms with Crippen LogP contribution in [0.4, 0.5) is 11.6 Å². The van der Waals surface area contributed by atoms with Gasteiger partial charge in [0.1, 0.15) is 17.3 Å². The summed E-state index contributed by atoms with van der Waals surface area (Å²) in [5, 5.41) is 15.2. The van der Waals surface area contributed by atoms with Crippen LogP contribution in [0.15, 0.2) is 37.4 Å². The van der Waals surface area contributed by atoms with Crippen molar-refractivity contribution in [2.24, 2.45) is 0 Å². The number of pyridine rings is 1. The van der Waals surface area contributed by atoms with Crippen molar-refractivity contribution in [3.8, 4) is 0 Å². The van der Waals surface area contributed by atoms with Crippen LogP contribution in [0.2, 0.25) is 0 Å². The normalized spacial score (nSPS) is 17.6. The summed E-state index contributed by atoms with van der Waals surface area (Å²) >= 11 is 0. The maximum absolute atomic E-state index is 13.0. The molecule has 2 aliphatic heterocycles. The van der Waals surface area contributed by atoms with Gasteiger partial charge in [-0.3, -0.25) is 15.1 Å². The number of carbonyl (C=O) groups excluding carboxylic acids is 1. The van der Waals surface area contributed by atoms with Crippen molar-refractivity contribution in [1.29, 1.82) is 5.41 Å². The summed E-state index contributed by atoms with van der Waals surface area (Å²) in [5.74, 6) is 1.25. The second kappa shape index (κ2) is 13.9. The molecule has 0 radical (unpaired) electrons. The van der Waals surface area contributed by atoms with Crippen LogP contribution < -0.4 is 15.5 Å². The van der Waals surface area contributed by atoms with Gasteiger partial charge in [0.25, 0.3) is 5.91 Å². The first-order valence-electron chi connectivity index (χ1n) is 13.0. The van der Waals surface area contributed by atoms with Crippen molar-refractivity contribution in [1.82, 2.24) is 15.2 Å². The maximum Gasteiger partial charge on any atom is 0.270 e. The number of rotatable bonds is 12. The Labute approximate surface area is 205 Å². The Kier molecular flexibility index (Phi) is 10.6. The number of aromatic nitrogens is 1. The van der Waals surface area contributed by atoms with Gasteiger partial charge in [-0.25, -0.2) is 4.98 Å². The molecule has 1 aromatic heterocycles. The van der Waals surface area contributed by atoms with Gasteiger partial charge in [0.05, 0.1) is 0 Å². The summed E-state index contributed by atoms with van der Waals surface area (Å²) in [7, 11) is 0. The third-order valence-corrected chi connectivity index (χ3v) is 6.74. The van der Waals surface area contributed by atoms with E-state index in [-0.39, 0.29) is 17.7 Å². The third kappa shape index (κ3) is 7.69. The second-order valence-corrected chi connectivity index (χ2v) is 9.39. The zero-order valence-corrected chi connectivity index (χ0v) is 20.7. The molecule has 34 heavy (non-hydrogen) atoms. The topological polar surface area (TPSA) is 84.4 Å². The molecular formula is C27H42N6O. The van der Waals surface area contributed by atoms with Crippen molar-refractivity contribution >= 4 is 23.3 Å². The highest BCUT2D eigenvalue weighted by molar-refractivity contribution is 6.45. The molecule has 3 N–H and O–H groups in total. The van der Waals surface area contributed by atoms with Gasteiger partial charge in [0, 0.05) is 50.9 Å². The molecular weight excluding hydrogens is 424 g/mol. The predicted octanol–water partition coefficient (Wildman–Crippen LogP) is 4.36. The van der Waals surface area contributed by atoms with Crippen LogP contribution in [0.1, 0.15) is 63.4 Å². The fourth-order valence-corrected chi connectivity index (χ4v) is 4.70. The van der Waals surface area contributed by atoms with Crippen LogP contribution in [0.5, 0.6) is 0 Å². The van der Waals surface area contributed by atoms with E-state index in [1.807, 2.05) is 24.3 Å². The van der Waals surface area contributed by atoms with E-state index in [2.05, 4.69) is 33.6 Å². The average molecular weight is 467 g/mol. The minimum atomic E-state index is -0.318. The average Bonchev–Trinajstić information content (AvgIpc) is 3.14. The van der Waals surface area contributed by atoms with Gasteiger partial charge in [-0.15, -0.1) is 13.2 Å². The van der Waals surface area contributed by atoms with Crippen molar-refractivity contribution in [3.05, 3.63) is 43.0 Å². The van der Waals surface area contributed by atoms with Crippen LogP contribution in [0.3, 0.4) is 0 Å². The van der Waals surface area contributed by atoms with E-state index < -0.39 is 0 Å². The predicted molar refractivity (Wildman–Crippen MR) is 142 cm³/mol. The molecule has 7 nitrogen and oxygen atoms in total. The Bertz CT molecular complexity index is 822. The minimum Gasteiger partial charge on any atom is -0.369 e. The molecule has 0 aliphatic carbocycles. The number of nitrogens with zero attached hydrogens (tertiary/aromatic N) is 3. The van der Waals surface area contributed by atoms with Gasteiger partial charge in [-0.1, -0.05) is 25.0 Å². The van der Waals surface area contributed by atoms with E-state index >= 15 is 0 Å². The lowest BCUT2D eigenvalue weighted by molar-refractivity contribution is -0.115. The molecule has 1 amide bonds. The van der Waals surface area contributed by atoms with Gasteiger partial charge in [-0.05, 0) is 57.1 Å². The maximum atomic E-state index is 13.0. The molecule has 7 heteroatoms. The second-order valence-electron chi connectivity index (χ2n) is 9.39. The van der Waals surface area contributed by atoms with Crippen molar-refractivity contribution in [2.75, 3.05) is 49.5 Å². The first kappa shape index (κ1) is 25.9. The van der Waals surface area contributed by atoms with Gasteiger partial charge >= 0.3 is 0 Å². The molecule has 0 aromatic carbocycles. The third-order valence-electron chi connectivity index (χ3n) is 6.74. The molecule has 1 aromatic rings. The van der Waals surface area contributed by atoms with Crippen LogP contribution >= 0.6 is 0 Å². The standard InChI is InChI=1S/C27H42N6O/c1-3-5-6-9-16-29-26-23(12-13-24(31-26)33-18-10-7-8-11-19-33)25(28)27(34)30-22-14-20-32(17-4-2)21-15-22/h3-4,12-13,22,28H,1-2,5-11,14-21H2,(H,29,31)(H,30,34). The summed E-state index contributed by atoms with van der Waals surface area (Å²) in [4.78, 5) is 22.5. The summed E-state index contributed by atoms with van der Waals surface area (Å²) in [6.07, 6.45) is 13.6. The highest BCUT2D eigenvalue weighted by atomic mass is 16.1. The number of amides is 1. The Morgan fingerprint density at radius 1 is 1.06 bits per heavy atom. The number of carbonyl (C=O) groups is 1. The van der Waals surface area contributed by atoms with Gasteiger partial charge in [-0.2, -0.15) is 0 Å². The molecule has 2 saturated heterocycles. The lowest BCUT2D eigenvalue weighted by Crippen LogP contribution is -2.46. The molecule has 0 spiro atoms. The number of piperidine rings is 1. The molecule has 0 saturated carbocycles. The molecule has 2 fully saturated rings. The molecule has 2 aliphatic rings. The number of likely N-dealkylation sites (tertiary alicyclic amines) is 1. The first-order chi connectivity index (χ1) is 16.6. The van der Waals surface area contributed by atoms with E-state index in [0.717, 1.165) is 77.2 Å². The zero-order valence-electron chi connectivity index (χ0n) is 20.7. The highest BCUT2D eigenvalue weighted by Gasteiger charge is 2.24. The zero-order chi connectivity index (χ0) is 24.2. The smallest absolute Gasteiger partial charge is 0.270 e. The van der Waals surface area contributed by atoms with Crippen molar-refractivity contribution < 1.29 is 4.79 Å². The summed E-state index contributed by atoms with van der Waals surface area (Å²) in [6, 6.07) is 3.97. The number of hydrogen-bond acceptors (Lipinski definition) is 6. The lowest BCUT2D eigenvalue weighted by atomic mass is 10.0. The van der Waals surface area contributed by atoms with E-state index in [1.54, 1.807) is 0 Å². The Balaban J connectivity index is 1.68. The van der Waals surface area contributed by atoms with Gasteiger partial charge in [0.15, 0.2) is 0 Å². The molecule has 0 unspecified atom stereocenters. The minimum absolute atomic E-state index is 0.0166. The Morgan fingerprint density at radius 3 is 2.47 bits per heavy atom. The van der Waals surface area contributed by atoms with Crippen molar-refractivity contribution in [2.45, 2.75) is 63.8 Å². The number of anilines is 2. The van der Waals surface area contributed by atoms with Gasteiger partial charge < -0.3 is 15.5 Å². The SMILES string of the molecule is C=CCCCCNc1nc(N2CCCCCC2)ccc1C(=N)C(=O)NC1CCN(CC=C)CC1. The van der Waals surface area contributed by atoms with E-state index in [0.29, 0.717) is 11.4 Å². The largest absolute Gasteiger partial charge is 0.369 e. The van der Waals surface area contributed by atoms with E-state index in [4.69, 9.17) is 10.4 Å². The summed E-state index contributed by atoms with van der Waals surface area (Å²) in [6.45, 7) is 13.1. The Hall–Kier alpha value is -2.67. The molecule has 3 heterocycles. The van der Waals surface area contributed by atoms with Crippen molar-refractivity contribution in [3.63, 3.8) is 0 Å². The van der Waals surface area contributed by atoms with Crippen LogP contribution in [0, 0.1) is 5.41 Å². The lowest BCUT2D eigenvalue weighted by Gasteiger charge is -2.31. The molecule has 0 atom stereocenters. The number of unbranched alkanes of at least 4 members (excludes halogenated alkanes) is 2. The van der Waals surface area contributed by atoms with Gasteiger partial charge in [0.2, 0.25) is 0 Å². The summed E-state index contributed by atoms with van der Waals surface area (Å²) in [5.41, 5.74) is 0.556. The highest BCUT2D eigenvalue weighted by Crippen LogP contribution is 2.23. The number of hydrogen-bond donors (Lipinski definition) is 3. The fraction of sp³-hybridized carbons (Fsp3) is 0.593. The fourth-order valence-electron chi connectivity index (χ4n) is 4.70. The summed E-state index contributed by atoms with van der Waals surface area (Å²) < 4.78 is 0. The van der Waals surface area contributed by atoms with Crippen LogP contribution in [-0.4, -0.2) is 66.8 Å². The van der Waals surface area contributed by atoms with E-state index in [1.165, 1.54) is 25.7 Å². The monoisotopic (exact) mass is 466 g/mol. The number of nitrogens with one attached hydrogen (secondary N) is 3. The first-order valence-corrected chi connectivity index (χ1v) is 13.0. The van der Waals surface area contributed by atoms with Crippen LogP contribution in [-0.2, 0) is 4.79 Å². The van der Waals surface area contributed by atoms with Crippen LogP contribution in [0.25, 0.3) is 0 Å². The van der Waals surface area contributed by atoms with E-state index in [9.17, 15) is 4.79 Å². The quantitative estimate of drug-likeness (QED) is 0.242.